The molecule has 108 valence electrons. The van der Waals surface area contributed by atoms with Crippen molar-refractivity contribution in [2.24, 2.45) is 0 Å². The van der Waals surface area contributed by atoms with E-state index in [2.05, 4.69) is 45.9 Å². The smallest absolute Gasteiger partial charge is 0.132 e. The molecule has 4 nitrogen and oxygen atoms in total. The molecule has 0 spiro atoms. The molecule has 0 saturated carbocycles. The Morgan fingerprint density at radius 3 is 2.60 bits per heavy atom. The van der Waals surface area contributed by atoms with Gasteiger partial charge in [0, 0.05) is 17.5 Å². The number of anilines is 2. The van der Waals surface area contributed by atoms with Crippen molar-refractivity contribution in [2.75, 3.05) is 17.2 Å². The van der Waals surface area contributed by atoms with Crippen molar-refractivity contribution in [1.29, 1.82) is 0 Å². The van der Waals surface area contributed by atoms with E-state index in [0.717, 1.165) is 43.4 Å². The molecule has 0 amide bonds. The Labute approximate surface area is 124 Å². The Balaban J connectivity index is 2.03. The summed E-state index contributed by atoms with van der Waals surface area (Å²) < 4.78 is 0. The standard InChI is InChI=1S/C15H22N4S/c1-4-7-16-14-9-15(19-11(3)18-14)17-10-13-12(5-2)6-8-20-13/h6,8-9H,4-5,7,10H2,1-3H3,(H2,16,17,18,19). The van der Waals surface area contributed by atoms with Gasteiger partial charge in [0.15, 0.2) is 0 Å². The second-order valence-electron chi connectivity index (χ2n) is 4.69. The summed E-state index contributed by atoms with van der Waals surface area (Å²) in [4.78, 5) is 10.2. The summed E-state index contributed by atoms with van der Waals surface area (Å²) in [7, 11) is 0. The van der Waals surface area contributed by atoms with Crippen molar-refractivity contribution in [2.45, 2.75) is 40.2 Å². The summed E-state index contributed by atoms with van der Waals surface area (Å²) in [5.74, 6) is 2.56. The molecule has 0 aliphatic heterocycles. The van der Waals surface area contributed by atoms with Crippen LogP contribution in [0.1, 0.15) is 36.5 Å². The Bertz CT molecular complexity index is 551. The highest BCUT2D eigenvalue weighted by atomic mass is 32.1. The van der Waals surface area contributed by atoms with Gasteiger partial charge in [-0.1, -0.05) is 13.8 Å². The van der Waals surface area contributed by atoms with Gasteiger partial charge >= 0.3 is 0 Å². The van der Waals surface area contributed by atoms with Crippen molar-refractivity contribution in [3.8, 4) is 0 Å². The monoisotopic (exact) mass is 290 g/mol. The Kier molecular flexibility index (Phi) is 5.35. The second-order valence-corrected chi connectivity index (χ2v) is 5.69. The van der Waals surface area contributed by atoms with Gasteiger partial charge in [-0.15, -0.1) is 11.3 Å². The minimum Gasteiger partial charge on any atom is -0.370 e. The fraction of sp³-hybridized carbons (Fsp3) is 0.467. The molecule has 0 atom stereocenters. The van der Waals surface area contributed by atoms with Gasteiger partial charge in [0.2, 0.25) is 0 Å². The zero-order valence-electron chi connectivity index (χ0n) is 12.4. The van der Waals surface area contributed by atoms with Crippen molar-refractivity contribution in [3.63, 3.8) is 0 Å². The Morgan fingerprint density at radius 1 is 1.15 bits per heavy atom. The lowest BCUT2D eigenvalue weighted by Crippen LogP contribution is -2.07. The maximum absolute atomic E-state index is 4.44. The van der Waals surface area contributed by atoms with Gasteiger partial charge in [0.05, 0.1) is 6.54 Å². The highest BCUT2D eigenvalue weighted by molar-refractivity contribution is 7.10. The summed E-state index contributed by atoms with van der Waals surface area (Å²) in [6.45, 7) is 8.01. The molecule has 0 radical (unpaired) electrons. The number of nitrogens with zero attached hydrogens (tertiary/aromatic N) is 2. The number of nitrogens with one attached hydrogen (secondary N) is 2. The summed E-state index contributed by atoms with van der Waals surface area (Å²) >= 11 is 1.79. The molecule has 20 heavy (non-hydrogen) atoms. The lowest BCUT2D eigenvalue weighted by Gasteiger charge is -2.09. The summed E-state index contributed by atoms with van der Waals surface area (Å²) in [6.07, 6.45) is 2.16. The van der Waals surface area contributed by atoms with Gasteiger partial charge < -0.3 is 10.6 Å². The molecule has 2 heterocycles. The SMILES string of the molecule is CCCNc1cc(NCc2sccc2CC)nc(C)n1. The fourth-order valence-corrected chi connectivity index (χ4v) is 2.93. The molecule has 0 aromatic carbocycles. The molecule has 2 rings (SSSR count). The Morgan fingerprint density at radius 2 is 1.90 bits per heavy atom. The van der Waals surface area contributed by atoms with E-state index < -0.39 is 0 Å². The van der Waals surface area contributed by atoms with Crippen LogP contribution in [0.5, 0.6) is 0 Å². The maximum Gasteiger partial charge on any atom is 0.132 e. The zero-order chi connectivity index (χ0) is 14.4. The first kappa shape index (κ1) is 14.8. The Hall–Kier alpha value is -1.62. The van der Waals surface area contributed by atoms with Crippen LogP contribution in [-0.4, -0.2) is 16.5 Å². The zero-order valence-corrected chi connectivity index (χ0v) is 13.2. The normalized spacial score (nSPS) is 10.6. The minimum absolute atomic E-state index is 0.787. The van der Waals surface area contributed by atoms with E-state index in [1.54, 1.807) is 11.3 Å². The highest BCUT2D eigenvalue weighted by Crippen LogP contribution is 2.19. The van der Waals surface area contributed by atoms with Gasteiger partial charge in [0.1, 0.15) is 17.5 Å². The average molecular weight is 290 g/mol. The number of aromatic nitrogens is 2. The van der Waals surface area contributed by atoms with Crippen LogP contribution in [0.4, 0.5) is 11.6 Å². The molecular formula is C15H22N4S. The lowest BCUT2D eigenvalue weighted by atomic mass is 10.2. The number of thiophene rings is 1. The lowest BCUT2D eigenvalue weighted by molar-refractivity contribution is 0.951. The number of rotatable bonds is 7. The van der Waals surface area contributed by atoms with Crippen LogP contribution >= 0.6 is 11.3 Å². The van der Waals surface area contributed by atoms with Crippen LogP contribution in [-0.2, 0) is 13.0 Å². The molecule has 0 unspecified atom stereocenters. The van der Waals surface area contributed by atoms with Crippen molar-refractivity contribution >= 4 is 23.0 Å². The minimum atomic E-state index is 0.787. The molecule has 2 N–H and O–H groups in total. The average Bonchev–Trinajstić information content (AvgIpc) is 2.90. The third-order valence-corrected chi connectivity index (χ3v) is 4.01. The molecule has 5 heteroatoms. The molecule has 0 fully saturated rings. The molecular weight excluding hydrogens is 268 g/mol. The van der Waals surface area contributed by atoms with E-state index in [-0.39, 0.29) is 0 Å². The van der Waals surface area contributed by atoms with Gasteiger partial charge in [-0.3, -0.25) is 0 Å². The number of hydrogen-bond donors (Lipinski definition) is 2. The highest BCUT2D eigenvalue weighted by Gasteiger charge is 2.05. The quantitative estimate of drug-likeness (QED) is 0.813. The van der Waals surface area contributed by atoms with Crippen molar-refractivity contribution < 1.29 is 0 Å². The van der Waals surface area contributed by atoms with E-state index >= 15 is 0 Å². The van der Waals surface area contributed by atoms with Crippen LogP contribution in [0.2, 0.25) is 0 Å². The van der Waals surface area contributed by atoms with Gasteiger partial charge in [0.25, 0.3) is 0 Å². The van der Waals surface area contributed by atoms with E-state index in [1.807, 2.05) is 13.0 Å². The molecule has 0 aliphatic rings. The van der Waals surface area contributed by atoms with Crippen LogP contribution in [0.15, 0.2) is 17.5 Å². The molecule has 0 bridgehead atoms. The van der Waals surface area contributed by atoms with Crippen molar-refractivity contribution in [3.05, 3.63) is 33.8 Å². The summed E-state index contributed by atoms with van der Waals surface area (Å²) in [6, 6.07) is 4.17. The summed E-state index contributed by atoms with van der Waals surface area (Å²) in [5, 5.41) is 8.85. The molecule has 2 aromatic heterocycles. The first-order valence-electron chi connectivity index (χ1n) is 7.11. The van der Waals surface area contributed by atoms with E-state index in [4.69, 9.17) is 0 Å². The number of aryl methyl sites for hydroxylation is 2. The third-order valence-electron chi connectivity index (χ3n) is 3.04. The molecule has 2 aromatic rings. The second kappa shape index (κ2) is 7.24. The van der Waals surface area contributed by atoms with Gasteiger partial charge in [-0.25, -0.2) is 9.97 Å². The maximum atomic E-state index is 4.44. The molecule has 0 aliphatic carbocycles. The van der Waals surface area contributed by atoms with Crippen LogP contribution in [0.3, 0.4) is 0 Å². The topological polar surface area (TPSA) is 49.8 Å². The number of hydrogen-bond acceptors (Lipinski definition) is 5. The largest absolute Gasteiger partial charge is 0.370 e. The van der Waals surface area contributed by atoms with E-state index in [1.165, 1.54) is 10.4 Å². The predicted octanol–water partition coefficient (Wildman–Crippen LogP) is 3.84. The summed E-state index contributed by atoms with van der Waals surface area (Å²) in [5.41, 5.74) is 1.41. The third kappa shape index (κ3) is 3.93. The van der Waals surface area contributed by atoms with E-state index in [9.17, 15) is 0 Å². The van der Waals surface area contributed by atoms with Crippen LogP contribution < -0.4 is 10.6 Å². The van der Waals surface area contributed by atoms with Gasteiger partial charge in [-0.05, 0) is 36.8 Å². The van der Waals surface area contributed by atoms with E-state index in [0.29, 0.717) is 0 Å². The van der Waals surface area contributed by atoms with Gasteiger partial charge in [-0.2, -0.15) is 0 Å². The van der Waals surface area contributed by atoms with Crippen molar-refractivity contribution in [1.82, 2.24) is 9.97 Å². The first-order valence-corrected chi connectivity index (χ1v) is 7.99. The molecule has 0 saturated heterocycles. The van der Waals surface area contributed by atoms with Crippen LogP contribution in [0.25, 0.3) is 0 Å². The predicted molar refractivity (Wildman–Crippen MR) is 86.6 cm³/mol. The van der Waals surface area contributed by atoms with Crippen LogP contribution in [0, 0.1) is 6.92 Å². The fourth-order valence-electron chi connectivity index (χ4n) is 2.01. The first-order chi connectivity index (χ1) is 9.72.